The Hall–Kier alpha value is -1.85. The van der Waals surface area contributed by atoms with Gasteiger partial charge >= 0.3 is 0 Å². The number of nitrogens with two attached hydrogens (primary N) is 1. The molecule has 0 aliphatic rings. The molecule has 5 nitrogen and oxygen atoms in total. The van der Waals surface area contributed by atoms with Gasteiger partial charge in [0.05, 0.1) is 18.5 Å². The van der Waals surface area contributed by atoms with Gasteiger partial charge in [0.15, 0.2) is 5.82 Å². The molecular formula is C12H13ClN4O. The highest BCUT2D eigenvalue weighted by molar-refractivity contribution is 6.28. The van der Waals surface area contributed by atoms with Crippen LogP contribution >= 0.6 is 11.6 Å². The Balaban J connectivity index is 2.04. The van der Waals surface area contributed by atoms with Crippen molar-refractivity contribution >= 4 is 23.1 Å². The molecule has 0 atom stereocenters. The van der Waals surface area contributed by atoms with E-state index in [-0.39, 0.29) is 11.9 Å². The lowest BCUT2D eigenvalue weighted by atomic mass is 10.1. The molecule has 0 bridgehead atoms. The molecule has 94 valence electrons. The van der Waals surface area contributed by atoms with Gasteiger partial charge in [0.2, 0.25) is 5.28 Å². The van der Waals surface area contributed by atoms with Crippen molar-refractivity contribution in [3.63, 3.8) is 0 Å². The van der Waals surface area contributed by atoms with Crippen LogP contribution in [0.25, 0.3) is 0 Å². The second-order valence-electron chi connectivity index (χ2n) is 3.77. The molecule has 0 aliphatic carbocycles. The summed E-state index contributed by atoms with van der Waals surface area (Å²) in [6, 6.07) is 7.59. The molecule has 1 heterocycles. The molecular weight excluding hydrogens is 252 g/mol. The standard InChI is InChI=1S/C12H13ClN4O/c13-12-16-6-10(14)11(17-12)15-5-8-1-3-9(7-18)4-2-8/h1-4,6,18H,5,7,14H2,(H,15,16,17). The van der Waals surface area contributed by atoms with E-state index in [4.69, 9.17) is 22.4 Å². The van der Waals surface area contributed by atoms with E-state index in [1.807, 2.05) is 24.3 Å². The summed E-state index contributed by atoms with van der Waals surface area (Å²) in [5, 5.41) is 12.2. The van der Waals surface area contributed by atoms with Crippen LogP contribution in [0.4, 0.5) is 11.5 Å². The van der Waals surface area contributed by atoms with Crippen LogP contribution in [0.5, 0.6) is 0 Å². The lowest BCUT2D eigenvalue weighted by Crippen LogP contribution is -2.05. The summed E-state index contributed by atoms with van der Waals surface area (Å²) in [6.07, 6.45) is 1.46. The highest BCUT2D eigenvalue weighted by Gasteiger charge is 2.02. The summed E-state index contributed by atoms with van der Waals surface area (Å²) in [6.45, 7) is 0.616. The number of nitrogen functional groups attached to an aromatic ring is 1. The molecule has 2 aromatic rings. The highest BCUT2D eigenvalue weighted by Crippen LogP contribution is 2.16. The number of aliphatic hydroxyl groups is 1. The van der Waals surface area contributed by atoms with Crippen LogP contribution in [0, 0.1) is 0 Å². The van der Waals surface area contributed by atoms with Crippen molar-refractivity contribution in [1.82, 2.24) is 9.97 Å². The molecule has 0 radical (unpaired) electrons. The Bertz CT molecular complexity index is 530. The SMILES string of the molecule is Nc1cnc(Cl)nc1NCc1ccc(CO)cc1. The Morgan fingerprint density at radius 1 is 1.22 bits per heavy atom. The van der Waals surface area contributed by atoms with Crippen LogP contribution in [0.2, 0.25) is 5.28 Å². The predicted octanol–water partition coefficient (Wildman–Crippen LogP) is 1.82. The summed E-state index contributed by atoms with van der Waals surface area (Å²) in [4.78, 5) is 7.78. The van der Waals surface area contributed by atoms with Gasteiger partial charge in [0.25, 0.3) is 0 Å². The van der Waals surface area contributed by atoms with E-state index in [2.05, 4.69) is 15.3 Å². The molecule has 2 rings (SSSR count). The lowest BCUT2D eigenvalue weighted by Gasteiger charge is -2.08. The Morgan fingerprint density at radius 2 is 1.89 bits per heavy atom. The average molecular weight is 265 g/mol. The number of aromatic nitrogens is 2. The van der Waals surface area contributed by atoms with E-state index >= 15 is 0 Å². The van der Waals surface area contributed by atoms with Crippen molar-refractivity contribution in [1.29, 1.82) is 0 Å². The van der Waals surface area contributed by atoms with E-state index in [9.17, 15) is 0 Å². The Labute approximate surface area is 110 Å². The van der Waals surface area contributed by atoms with Gasteiger partial charge in [-0.2, -0.15) is 4.98 Å². The largest absolute Gasteiger partial charge is 0.394 e. The van der Waals surface area contributed by atoms with Crippen LogP contribution in [0.15, 0.2) is 30.5 Å². The zero-order valence-corrected chi connectivity index (χ0v) is 10.4. The Morgan fingerprint density at radius 3 is 2.56 bits per heavy atom. The summed E-state index contributed by atoms with van der Waals surface area (Å²) >= 11 is 5.69. The van der Waals surface area contributed by atoms with Gasteiger partial charge < -0.3 is 16.2 Å². The molecule has 0 amide bonds. The zero-order chi connectivity index (χ0) is 13.0. The minimum atomic E-state index is 0.0438. The predicted molar refractivity (Wildman–Crippen MR) is 71.1 cm³/mol. The molecule has 6 heteroatoms. The maximum atomic E-state index is 8.94. The molecule has 0 aliphatic heterocycles. The second-order valence-corrected chi connectivity index (χ2v) is 4.11. The van der Waals surface area contributed by atoms with Crippen molar-refractivity contribution in [3.8, 4) is 0 Å². The van der Waals surface area contributed by atoms with Crippen LogP contribution in [0.3, 0.4) is 0 Å². The third-order valence-corrected chi connectivity index (χ3v) is 2.64. The minimum Gasteiger partial charge on any atom is -0.394 e. The summed E-state index contributed by atoms with van der Waals surface area (Å²) in [5.41, 5.74) is 8.11. The first-order valence-electron chi connectivity index (χ1n) is 5.39. The number of rotatable bonds is 4. The molecule has 0 unspecified atom stereocenters. The first-order valence-corrected chi connectivity index (χ1v) is 5.77. The second kappa shape index (κ2) is 5.66. The Kier molecular flexibility index (Phi) is 3.96. The number of hydrogen-bond acceptors (Lipinski definition) is 5. The lowest BCUT2D eigenvalue weighted by molar-refractivity contribution is 0.282. The molecule has 18 heavy (non-hydrogen) atoms. The molecule has 1 aromatic carbocycles. The maximum Gasteiger partial charge on any atom is 0.224 e. The first-order chi connectivity index (χ1) is 8.69. The van der Waals surface area contributed by atoms with Crippen LogP contribution in [0.1, 0.15) is 11.1 Å². The van der Waals surface area contributed by atoms with Gasteiger partial charge in [-0.15, -0.1) is 0 Å². The molecule has 1 aromatic heterocycles. The quantitative estimate of drug-likeness (QED) is 0.734. The number of aliphatic hydroxyl groups excluding tert-OH is 1. The normalized spacial score (nSPS) is 10.3. The van der Waals surface area contributed by atoms with E-state index in [0.29, 0.717) is 18.1 Å². The van der Waals surface area contributed by atoms with Gasteiger partial charge in [-0.1, -0.05) is 24.3 Å². The highest BCUT2D eigenvalue weighted by atomic mass is 35.5. The van der Waals surface area contributed by atoms with E-state index in [1.165, 1.54) is 6.20 Å². The monoisotopic (exact) mass is 264 g/mol. The third kappa shape index (κ3) is 3.09. The van der Waals surface area contributed by atoms with Gasteiger partial charge in [0, 0.05) is 6.54 Å². The summed E-state index contributed by atoms with van der Waals surface area (Å²) in [5.74, 6) is 0.515. The van der Waals surface area contributed by atoms with Crippen molar-refractivity contribution in [2.45, 2.75) is 13.2 Å². The first kappa shape index (κ1) is 12.6. The number of nitrogens with zero attached hydrogens (tertiary/aromatic N) is 2. The zero-order valence-electron chi connectivity index (χ0n) is 9.60. The van der Waals surface area contributed by atoms with E-state index < -0.39 is 0 Å². The molecule has 0 spiro atoms. The van der Waals surface area contributed by atoms with Crippen molar-refractivity contribution in [2.75, 3.05) is 11.1 Å². The topological polar surface area (TPSA) is 84.1 Å². The van der Waals surface area contributed by atoms with Crippen molar-refractivity contribution in [2.24, 2.45) is 0 Å². The fourth-order valence-electron chi connectivity index (χ4n) is 1.46. The number of anilines is 2. The molecule has 0 saturated carbocycles. The number of benzene rings is 1. The van der Waals surface area contributed by atoms with Crippen LogP contribution < -0.4 is 11.1 Å². The average Bonchev–Trinajstić information content (AvgIpc) is 2.40. The number of halogens is 1. The molecule has 0 saturated heterocycles. The van der Waals surface area contributed by atoms with E-state index in [0.717, 1.165) is 11.1 Å². The smallest absolute Gasteiger partial charge is 0.224 e. The van der Waals surface area contributed by atoms with Gasteiger partial charge in [0.1, 0.15) is 0 Å². The van der Waals surface area contributed by atoms with Gasteiger partial charge in [-0.3, -0.25) is 0 Å². The van der Waals surface area contributed by atoms with Crippen LogP contribution in [-0.4, -0.2) is 15.1 Å². The fraction of sp³-hybridized carbons (Fsp3) is 0.167. The maximum absolute atomic E-state index is 8.94. The third-order valence-electron chi connectivity index (χ3n) is 2.45. The minimum absolute atomic E-state index is 0.0438. The van der Waals surface area contributed by atoms with Crippen molar-refractivity contribution < 1.29 is 5.11 Å². The van der Waals surface area contributed by atoms with Crippen LogP contribution in [-0.2, 0) is 13.2 Å². The molecule has 4 N–H and O–H groups in total. The number of hydrogen-bond donors (Lipinski definition) is 3. The molecule has 0 fully saturated rings. The van der Waals surface area contributed by atoms with Gasteiger partial charge in [-0.05, 0) is 22.7 Å². The summed E-state index contributed by atoms with van der Waals surface area (Å²) in [7, 11) is 0. The van der Waals surface area contributed by atoms with E-state index in [1.54, 1.807) is 0 Å². The van der Waals surface area contributed by atoms with Gasteiger partial charge in [-0.25, -0.2) is 4.98 Å². The fourth-order valence-corrected chi connectivity index (χ4v) is 1.59. The van der Waals surface area contributed by atoms with Crippen molar-refractivity contribution in [3.05, 3.63) is 46.9 Å². The number of nitrogens with one attached hydrogen (secondary N) is 1. The summed E-state index contributed by atoms with van der Waals surface area (Å²) < 4.78 is 0.